The van der Waals surface area contributed by atoms with Crippen molar-refractivity contribution in [3.8, 4) is 5.75 Å². The van der Waals surface area contributed by atoms with Crippen molar-refractivity contribution in [3.63, 3.8) is 0 Å². The average molecular weight is 338 g/mol. The third-order valence-corrected chi connectivity index (χ3v) is 4.25. The molecule has 0 aliphatic carbocycles. The van der Waals surface area contributed by atoms with Crippen LogP contribution in [0.2, 0.25) is 0 Å². The van der Waals surface area contributed by atoms with E-state index in [1.165, 1.54) is 13.2 Å². The normalized spacial score (nSPS) is 17.0. The number of nitrogens with one attached hydrogen (secondary N) is 1. The molecule has 1 saturated heterocycles. The van der Waals surface area contributed by atoms with Gasteiger partial charge in [0, 0.05) is 25.2 Å². The highest BCUT2D eigenvalue weighted by molar-refractivity contribution is 5.67. The SMILES string of the molecule is COc1ccc([C@H](C)NC2CCN(C(=O)OC(C)C)CC2)cc1F. The highest BCUT2D eigenvalue weighted by Gasteiger charge is 2.25. The molecule has 1 amide bonds. The fourth-order valence-corrected chi connectivity index (χ4v) is 2.91. The number of ether oxygens (including phenoxy) is 2. The van der Waals surface area contributed by atoms with E-state index in [9.17, 15) is 9.18 Å². The van der Waals surface area contributed by atoms with Gasteiger partial charge in [-0.2, -0.15) is 0 Å². The second kappa shape index (κ2) is 8.33. The first-order chi connectivity index (χ1) is 11.4. The predicted octanol–water partition coefficient (Wildman–Crippen LogP) is 3.49. The van der Waals surface area contributed by atoms with Gasteiger partial charge in [-0.3, -0.25) is 0 Å². The van der Waals surface area contributed by atoms with Crippen LogP contribution < -0.4 is 10.1 Å². The Labute approximate surface area is 143 Å². The Bertz CT molecular complexity index is 557. The Morgan fingerprint density at radius 2 is 1.96 bits per heavy atom. The van der Waals surface area contributed by atoms with Gasteiger partial charge in [-0.25, -0.2) is 9.18 Å². The lowest BCUT2D eigenvalue weighted by molar-refractivity contribution is 0.0674. The third-order valence-electron chi connectivity index (χ3n) is 4.25. The number of piperidine rings is 1. The lowest BCUT2D eigenvalue weighted by atomic mass is 10.0. The summed E-state index contributed by atoms with van der Waals surface area (Å²) in [5, 5.41) is 3.51. The zero-order valence-corrected chi connectivity index (χ0v) is 14.8. The van der Waals surface area contributed by atoms with Gasteiger partial charge in [0.1, 0.15) is 0 Å². The number of carbonyl (C=O) groups is 1. The zero-order valence-electron chi connectivity index (χ0n) is 14.8. The lowest BCUT2D eigenvalue weighted by Crippen LogP contribution is -2.46. The summed E-state index contributed by atoms with van der Waals surface area (Å²) in [6, 6.07) is 5.35. The van der Waals surface area contributed by atoms with Crippen LogP contribution >= 0.6 is 0 Å². The van der Waals surface area contributed by atoms with E-state index in [2.05, 4.69) is 5.32 Å². The molecule has 2 rings (SSSR count). The predicted molar refractivity (Wildman–Crippen MR) is 90.7 cm³/mol. The second-order valence-electron chi connectivity index (χ2n) is 6.48. The first-order valence-electron chi connectivity index (χ1n) is 8.45. The molecule has 1 aliphatic heterocycles. The van der Waals surface area contributed by atoms with E-state index in [1.54, 1.807) is 11.0 Å². The molecule has 24 heavy (non-hydrogen) atoms. The van der Waals surface area contributed by atoms with E-state index in [0.29, 0.717) is 19.1 Å². The minimum Gasteiger partial charge on any atom is -0.494 e. The standard InChI is InChI=1S/C18H27FN2O3/c1-12(2)24-18(22)21-9-7-15(8-10-21)20-13(3)14-5-6-17(23-4)16(19)11-14/h5-6,11-13,15,20H,7-10H2,1-4H3/t13-/m0/s1. The molecule has 1 aromatic carbocycles. The van der Waals surface area contributed by atoms with Crippen molar-refractivity contribution < 1.29 is 18.7 Å². The first-order valence-corrected chi connectivity index (χ1v) is 8.45. The molecule has 1 atom stereocenters. The number of halogens is 1. The van der Waals surface area contributed by atoms with Gasteiger partial charge < -0.3 is 19.7 Å². The van der Waals surface area contributed by atoms with Gasteiger partial charge in [0.25, 0.3) is 0 Å². The second-order valence-corrected chi connectivity index (χ2v) is 6.48. The van der Waals surface area contributed by atoms with Gasteiger partial charge in [-0.1, -0.05) is 6.07 Å². The summed E-state index contributed by atoms with van der Waals surface area (Å²) in [6.45, 7) is 7.06. The van der Waals surface area contributed by atoms with Crippen LogP contribution in [-0.4, -0.2) is 43.3 Å². The highest BCUT2D eigenvalue weighted by atomic mass is 19.1. The van der Waals surface area contributed by atoms with Crippen LogP contribution in [0.25, 0.3) is 0 Å². The number of hydrogen-bond acceptors (Lipinski definition) is 4. The third kappa shape index (κ3) is 4.84. The number of methoxy groups -OCH3 is 1. The summed E-state index contributed by atoms with van der Waals surface area (Å²) in [5.41, 5.74) is 0.884. The van der Waals surface area contributed by atoms with E-state index in [0.717, 1.165) is 18.4 Å². The molecule has 1 N–H and O–H groups in total. The Kier molecular flexibility index (Phi) is 6.43. The number of hydrogen-bond donors (Lipinski definition) is 1. The Balaban J connectivity index is 1.85. The maximum absolute atomic E-state index is 13.8. The van der Waals surface area contributed by atoms with E-state index < -0.39 is 0 Å². The molecule has 0 radical (unpaired) electrons. The van der Waals surface area contributed by atoms with E-state index in [1.807, 2.05) is 26.8 Å². The quantitative estimate of drug-likeness (QED) is 0.893. The minimum atomic E-state index is -0.352. The maximum atomic E-state index is 13.8. The average Bonchev–Trinajstić information content (AvgIpc) is 2.54. The van der Waals surface area contributed by atoms with Crippen molar-refractivity contribution in [3.05, 3.63) is 29.6 Å². The van der Waals surface area contributed by atoms with Crippen LogP contribution in [0.15, 0.2) is 18.2 Å². The maximum Gasteiger partial charge on any atom is 0.410 e. The van der Waals surface area contributed by atoms with E-state index in [-0.39, 0.29) is 29.8 Å². The number of carbonyl (C=O) groups excluding carboxylic acids is 1. The summed E-state index contributed by atoms with van der Waals surface area (Å²) in [6.07, 6.45) is 1.37. The number of likely N-dealkylation sites (tertiary alicyclic amines) is 1. The number of rotatable bonds is 5. The molecule has 0 aromatic heterocycles. The monoisotopic (exact) mass is 338 g/mol. The van der Waals surface area contributed by atoms with E-state index in [4.69, 9.17) is 9.47 Å². The smallest absolute Gasteiger partial charge is 0.410 e. The van der Waals surface area contributed by atoms with Crippen LogP contribution in [0.5, 0.6) is 5.75 Å². The number of amides is 1. The van der Waals surface area contributed by atoms with Gasteiger partial charge in [0.05, 0.1) is 13.2 Å². The molecule has 1 aliphatic rings. The van der Waals surface area contributed by atoms with Gasteiger partial charge in [0.15, 0.2) is 11.6 Å². The molecule has 0 bridgehead atoms. The zero-order chi connectivity index (χ0) is 17.7. The van der Waals surface area contributed by atoms with Gasteiger partial charge >= 0.3 is 6.09 Å². The van der Waals surface area contributed by atoms with Crippen LogP contribution in [0.1, 0.15) is 45.2 Å². The molecular formula is C18H27FN2O3. The molecule has 6 heteroatoms. The summed E-state index contributed by atoms with van der Waals surface area (Å²) in [5.74, 6) is -0.0992. The highest BCUT2D eigenvalue weighted by Crippen LogP contribution is 2.23. The molecule has 0 spiro atoms. The minimum absolute atomic E-state index is 0.0320. The molecule has 134 valence electrons. The van der Waals surface area contributed by atoms with Crippen molar-refractivity contribution in [2.24, 2.45) is 0 Å². The first kappa shape index (κ1) is 18.5. The van der Waals surface area contributed by atoms with Crippen LogP contribution in [-0.2, 0) is 4.74 Å². The Morgan fingerprint density at radius 3 is 2.50 bits per heavy atom. The molecule has 5 nitrogen and oxygen atoms in total. The molecule has 1 fully saturated rings. The van der Waals surface area contributed by atoms with Gasteiger partial charge in [-0.15, -0.1) is 0 Å². The number of benzene rings is 1. The van der Waals surface area contributed by atoms with Crippen LogP contribution in [0.4, 0.5) is 9.18 Å². The number of nitrogens with zero attached hydrogens (tertiary/aromatic N) is 1. The molecular weight excluding hydrogens is 311 g/mol. The fourth-order valence-electron chi connectivity index (χ4n) is 2.91. The van der Waals surface area contributed by atoms with Gasteiger partial charge in [0.2, 0.25) is 0 Å². The van der Waals surface area contributed by atoms with Crippen molar-refractivity contribution >= 4 is 6.09 Å². The lowest BCUT2D eigenvalue weighted by Gasteiger charge is -2.33. The van der Waals surface area contributed by atoms with Crippen molar-refractivity contribution in [2.45, 2.75) is 51.8 Å². The van der Waals surface area contributed by atoms with Crippen LogP contribution in [0.3, 0.4) is 0 Å². The van der Waals surface area contributed by atoms with Crippen LogP contribution in [0, 0.1) is 5.82 Å². The van der Waals surface area contributed by atoms with Gasteiger partial charge in [-0.05, 0) is 51.3 Å². The summed E-state index contributed by atoms with van der Waals surface area (Å²) in [4.78, 5) is 13.6. The van der Waals surface area contributed by atoms with E-state index >= 15 is 0 Å². The summed E-state index contributed by atoms with van der Waals surface area (Å²) >= 11 is 0. The summed E-state index contributed by atoms with van der Waals surface area (Å²) in [7, 11) is 1.46. The van der Waals surface area contributed by atoms with Crippen molar-refractivity contribution in [1.29, 1.82) is 0 Å². The van der Waals surface area contributed by atoms with Crippen molar-refractivity contribution in [1.82, 2.24) is 10.2 Å². The Morgan fingerprint density at radius 1 is 1.29 bits per heavy atom. The van der Waals surface area contributed by atoms with Crippen molar-refractivity contribution in [2.75, 3.05) is 20.2 Å². The molecule has 1 heterocycles. The molecule has 1 aromatic rings. The largest absolute Gasteiger partial charge is 0.494 e. The Hall–Kier alpha value is -1.82. The molecule has 0 unspecified atom stereocenters. The fraction of sp³-hybridized carbons (Fsp3) is 0.611. The molecule has 0 saturated carbocycles. The topological polar surface area (TPSA) is 50.8 Å². The summed E-state index contributed by atoms with van der Waals surface area (Å²) < 4.78 is 24.0.